The molecule has 1 heterocycles. The molecule has 0 saturated carbocycles. The van der Waals surface area contributed by atoms with Gasteiger partial charge in [-0.3, -0.25) is 9.36 Å². The highest BCUT2D eigenvalue weighted by Crippen LogP contribution is 2.30. The number of rotatable bonds is 2. The fourth-order valence-electron chi connectivity index (χ4n) is 2.49. The molecule has 3 rings (SSSR count). The van der Waals surface area contributed by atoms with Crippen LogP contribution < -0.4 is 16.6 Å². The van der Waals surface area contributed by atoms with Gasteiger partial charge in [0.25, 0.3) is 5.56 Å². The number of nitrogens with zero attached hydrogens (tertiary/aromatic N) is 1. The van der Waals surface area contributed by atoms with Crippen molar-refractivity contribution < 1.29 is 0 Å². The van der Waals surface area contributed by atoms with Gasteiger partial charge in [0.05, 0.1) is 11.2 Å². The van der Waals surface area contributed by atoms with E-state index in [-0.39, 0.29) is 11.2 Å². The van der Waals surface area contributed by atoms with Gasteiger partial charge in [-0.05, 0) is 30.3 Å². The minimum Gasteiger partial charge on any atom is -0.393 e. The van der Waals surface area contributed by atoms with E-state index < -0.39 is 0 Å². The molecule has 1 aromatic heterocycles. The van der Waals surface area contributed by atoms with E-state index in [1.807, 2.05) is 36.4 Å². The van der Waals surface area contributed by atoms with Crippen molar-refractivity contribution in [2.45, 2.75) is 0 Å². The number of nitrogens with two attached hydrogens (primary N) is 1. The van der Waals surface area contributed by atoms with Crippen molar-refractivity contribution in [1.82, 2.24) is 4.57 Å². The van der Waals surface area contributed by atoms with Crippen LogP contribution in [-0.2, 0) is 0 Å². The first-order valence-electron chi connectivity index (χ1n) is 6.50. The molecule has 0 radical (unpaired) electrons. The number of aromatic nitrogens is 1. The van der Waals surface area contributed by atoms with Crippen LogP contribution in [0.4, 0.5) is 11.4 Å². The highest BCUT2D eigenvalue weighted by molar-refractivity contribution is 6.31. The highest BCUT2D eigenvalue weighted by Gasteiger charge is 2.15. The van der Waals surface area contributed by atoms with Gasteiger partial charge in [0.1, 0.15) is 5.69 Å². The second kappa shape index (κ2) is 5.14. The number of nitrogens with one attached hydrogen (secondary N) is 1. The van der Waals surface area contributed by atoms with E-state index in [2.05, 4.69) is 5.32 Å². The molecule has 21 heavy (non-hydrogen) atoms. The van der Waals surface area contributed by atoms with Crippen LogP contribution in [0, 0.1) is 0 Å². The number of hydrogen-bond donors (Lipinski definition) is 2. The molecular formula is C16H14ClN3O. The molecule has 3 aromatic rings. The van der Waals surface area contributed by atoms with Gasteiger partial charge in [-0.25, -0.2) is 0 Å². The van der Waals surface area contributed by atoms with Gasteiger partial charge >= 0.3 is 0 Å². The van der Waals surface area contributed by atoms with Gasteiger partial charge in [-0.2, -0.15) is 0 Å². The number of hydrogen-bond acceptors (Lipinski definition) is 3. The van der Waals surface area contributed by atoms with Crippen molar-refractivity contribution >= 4 is 33.9 Å². The molecule has 0 unspecified atom stereocenters. The van der Waals surface area contributed by atoms with Crippen LogP contribution in [0.5, 0.6) is 0 Å². The Labute approximate surface area is 126 Å². The first-order chi connectivity index (χ1) is 10.1. The molecule has 0 amide bonds. The molecule has 3 N–H and O–H groups in total. The summed E-state index contributed by atoms with van der Waals surface area (Å²) in [5.41, 5.74) is 8.03. The van der Waals surface area contributed by atoms with Crippen LogP contribution in [0.15, 0.2) is 53.3 Å². The predicted octanol–water partition coefficient (Wildman–Crippen LogP) is 3.27. The SMILES string of the molecule is CNc1c(N)c(=O)n(-c2ccccc2)c2cc(Cl)ccc12. The van der Waals surface area contributed by atoms with Crippen molar-refractivity contribution in [3.05, 3.63) is 63.9 Å². The Balaban J connectivity index is 2.52. The maximum Gasteiger partial charge on any atom is 0.280 e. The average molecular weight is 300 g/mol. The summed E-state index contributed by atoms with van der Waals surface area (Å²) in [4.78, 5) is 12.6. The maximum absolute atomic E-state index is 12.6. The van der Waals surface area contributed by atoms with Gasteiger partial charge in [0.2, 0.25) is 0 Å². The third kappa shape index (κ3) is 2.14. The smallest absolute Gasteiger partial charge is 0.280 e. The lowest BCUT2D eigenvalue weighted by Crippen LogP contribution is -2.23. The second-order valence-corrected chi connectivity index (χ2v) is 5.11. The highest BCUT2D eigenvalue weighted by atomic mass is 35.5. The Hall–Kier alpha value is -2.46. The minimum atomic E-state index is -0.264. The van der Waals surface area contributed by atoms with Crippen LogP contribution in [-0.4, -0.2) is 11.6 Å². The second-order valence-electron chi connectivity index (χ2n) is 4.68. The molecule has 106 valence electrons. The van der Waals surface area contributed by atoms with Crippen LogP contribution in [0.1, 0.15) is 0 Å². The van der Waals surface area contributed by atoms with Crippen molar-refractivity contribution in [1.29, 1.82) is 0 Å². The zero-order chi connectivity index (χ0) is 15.0. The fraction of sp³-hybridized carbons (Fsp3) is 0.0625. The summed E-state index contributed by atoms with van der Waals surface area (Å²) in [5, 5.41) is 4.41. The Morgan fingerprint density at radius 2 is 1.86 bits per heavy atom. The monoisotopic (exact) mass is 299 g/mol. The number of nitrogen functional groups attached to an aromatic ring is 1. The number of para-hydroxylation sites is 1. The number of anilines is 2. The van der Waals surface area contributed by atoms with Crippen LogP contribution in [0.2, 0.25) is 5.02 Å². The normalized spacial score (nSPS) is 10.8. The zero-order valence-corrected chi connectivity index (χ0v) is 12.2. The molecule has 0 bridgehead atoms. The lowest BCUT2D eigenvalue weighted by molar-refractivity contribution is 1.05. The van der Waals surface area contributed by atoms with Crippen molar-refractivity contribution in [2.24, 2.45) is 0 Å². The topological polar surface area (TPSA) is 60.0 Å². The standard InChI is InChI=1S/C16H14ClN3O/c1-19-15-12-8-7-10(17)9-13(12)20(16(21)14(15)18)11-5-3-2-4-6-11/h2-9,19H,18H2,1H3. The van der Waals surface area contributed by atoms with Gasteiger partial charge < -0.3 is 11.1 Å². The molecule has 0 saturated heterocycles. The van der Waals surface area contributed by atoms with E-state index in [4.69, 9.17) is 17.3 Å². The molecule has 0 fully saturated rings. The Morgan fingerprint density at radius 1 is 1.14 bits per heavy atom. The van der Waals surface area contributed by atoms with Crippen LogP contribution >= 0.6 is 11.6 Å². The third-order valence-corrected chi connectivity index (χ3v) is 3.67. The predicted molar refractivity (Wildman–Crippen MR) is 88.5 cm³/mol. The quantitative estimate of drug-likeness (QED) is 0.763. The van der Waals surface area contributed by atoms with E-state index in [1.54, 1.807) is 23.7 Å². The van der Waals surface area contributed by atoms with Gasteiger partial charge in [0, 0.05) is 23.1 Å². The molecule has 5 heteroatoms. The van der Waals surface area contributed by atoms with Crippen LogP contribution in [0.3, 0.4) is 0 Å². The molecule has 2 aromatic carbocycles. The fourth-order valence-corrected chi connectivity index (χ4v) is 2.65. The van der Waals surface area contributed by atoms with Crippen molar-refractivity contribution in [3.8, 4) is 5.69 Å². The van der Waals surface area contributed by atoms with Gasteiger partial charge in [0.15, 0.2) is 0 Å². The summed E-state index contributed by atoms with van der Waals surface area (Å²) in [6.07, 6.45) is 0. The van der Waals surface area contributed by atoms with E-state index in [1.165, 1.54) is 0 Å². The molecular weight excluding hydrogens is 286 g/mol. The minimum absolute atomic E-state index is 0.191. The molecule has 0 aliphatic rings. The van der Waals surface area contributed by atoms with Gasteiger partial charge in [-0.1, -0.05) is 29.8 Å². The van der Waals surface area contributed by atoms with E-state index >= 15 is 0 Å². The van der Waals surface area contributed by atoms with E-state index in [9.17, 15) is 4.79 Å². The number of pyridine rings is 1. The van der Waals surface area contributed by atoms with Crippen molar-refractivity contribution in [3.63, 3.8) is 0 Å². The zero-order valence-electron chi connectivity index (χ0n) is 11.4. The van der Waals surface area contributed by atoms with Crippen LogP contribution in [0.25, 0.3) is 16.6 Å². The average Bonchev–Trinajstić information content (AvgIpc) is 2.50. The molecule has 0 spiro atoms. The largest absolute Gasteiger partial charge is 0.393 e. The first-order valence-corrected chi connectivity index (χ1v) is 6.88. The lowest BCUT2D eigenvalue weighted by atomic mass is 10.1. The summed E-state index contributed by atoms with van der Waals surface area (Å²) in [6, 6.07) is 14.8. The molecule has 0 atom stereocenters. The Bertz CT molecular complexity index is 872. The Morgan fingerprint density at radius 3 is 2.52 bits per heavy atom. The van der Waals surface area contributed by atoms with E-state index in [0.717, 1.165) is 16.6 Å². The summed E-state index contributed by atoms with van der Waals surface area (Å²) in [7, 11) is 1.74. The van der Waals surface area contributed by atoms with Crippen molar-refractivity contribution in [2.75, 3.05) is 18.1 Å². The molecule has 0 aliphatic heterocycles. The Kier molecular flexibility index (Phi) is 3.31. The first kappa shape index (κ1) is 13.5. The summed E-state index contributed by atoms with van der Waals surface area (Å²) in [6.45, 7) is 0. The summed E-state index contributed by atoms with van der Waals surface area (Å²) < 4.78 is 1.58. The number of halogens is 1. The lowest BCUT2D eigenvalue weighted by Gasteiger charge is -2.16. The maximum atomic E-state index is 12.6. The third-order valence-electron chi connectivity index (χ3n) is 3.44. The summed E-state index contributed by atoms with van der Waals surface area (Å²) in [5.74, 6) is 0. The van der Waals surface area contributed by atoms with Gasteiger partial charge in [-0.15, -0.1) is 0 Å². The molecule has 0 aliphatic carbocycles. The number of fused-ring (bicyclic) bond motifs is 1. The molecule has 4 nitrogen and oxygen atoms in total. The number of benzene rings is 2. The summed E-state index contributed by atoms with van der Waals surface area (Å²) >= 11 is 6.10. The van der Waals surface area contributed by atoms with E-state index in [0.29, 0.717) is 10.7 Å².